The maximum atomic E-state index is 12.1. The van der Waals surface area contributed by atoms with Crippen molar-refractivity contribution in [3.8, 4) is 5.75 Å². The molecule has 7 heteroatoms. The molecule has 3 rings (SSSR count). The molecule has 2 aromatic rings. The highest BCUT2D eigenvalue weighted by molar-refractivity contribution is 14.1. The molecule has 0 spiro atoms. The van der Waals surface area contributed by atoms with Gasteiger partial charge in [0.05, 0.1) is 9.38 Å². The first-order chi connectivity index (χ1) is 11.9. The fourth-order valence-electron chi connectivity index (χ4n) is 2.16. The van der Waals surface area contributed by atoms with Crippen LogP contribution in [0.3, 0.4) is 0 Å². The van der Waals surface area contributed by atoms with Crippen LogP contribution in [-0.2, 0) is 11.4 Å². The van der Waals surface area contributed by atoms with E-state index in [-0.39, 0.29) is 5.91 Å². The first-order valence-corrected chi connectivity index (χ1v) is 10.4. The molecular formula is C18H13BrINO2S2. The number of amides is 1. The molecule has 2 aromatic carbocycles. The summed E-state index contributed by atoms with van der Waals surface area (Å²) in [6.07, 6.45) is 1.84. The zero-order valence-electron chi connectivity index (χ0n) is 13.2. The summed E-state index contributed by atoms with van der Waals surface area (Å²) in [6, 6.07) is 14.0. The SMILES string of the molecule is CN1C(=O)/C(=C\c2ccc(OCc3ccc(I)cc3)c(Br)c2)SC1=S. The molecule has 1 fully saturated rings. The second kappa shape index (κ2) is 8.20. The van der Waals surface area contributed by atoms with Crippen LogP contribution in [0.25, 0.3) is 6.08 Å². The second-order valence-electron chi connectivity index (χ2n) is 5.35. The number of halogens is 2. The van der Waals surface area contributed by atoms with Crippen molar-refractivity contribution >= 4 is 78.8 Å². The van der Waals surface area contributed by atoms with Crippen LogP contribution in [0.1, 0.15) is 11.1 Å². The molecule has 128 valence electrons. The number of thioether (sulfide) groups is 1. The van der Waals surface area contributed by atoms with E-state index in [2.05, 4.69) is 62.8 Å². The molecule has 3 nitrogen and oxygen atoms in total. The molecule has 0 atom stereocenters. The second-order valence-corrected chi connectivity index (χ2v) is 9.12. The van der Waals surface area contributed by atoms with Crippen LogP contribution in [0.4, 0.5) is 0 Å². The van der Waals surface area contributed by atoms with Gasteiger partial charge in [0.2, 0.25) is 0 Å². The number of carbonyl (C=O) groups excluding carboxylic acids is 1. The zero-order valence-corrected chi connectivity index (χ0v) is 18.5. The Bertz CT molecular complexity index is 868. The number of nitrogens with zero attached hydrogens (tertiary/aromatic N) is 1. The van der Waals surface area contributed by atoms with E-state index in [0.29, 0.717) is 15.8 Å². The highest BCUT2D eigenvalue weighted by atomic mass is 127. The summed E-state index contributed by atoms with van der Waals surface area (Å²) in [5.74, 6) is 0.698. The summed E-state index contributed by atoms with van der Waals surface area (Å²) >= 11 is 12.3. The molecule has 1 aliphatic rings. The lowest BCUT2D eigenvalue weighted by atomic mass is 10.2. The molecule has 1 amide bonds. The minimum Gasteiger partial charge on any atom is -0.488 e. The van der Waals surface area contributed by atoms with Crippen LogP contribution in [0.15, 0.2) is 51.8 Å². The topological polar surface area (TPSA) is 29.5 Å². The lowest BCUT2D eigenvalue weighted by Crippen LogP contribution is -2.22. The molecule has 0 radical (unpaired) electrons. The summed E-state index contributed by atoms with van der Waals surface area (Å²) in [6.45, 7) is 0.503. The van der Waals surface area contributed by atoms with E-state index in [1.165, 1.54) is 20.2 Å². The van der Waals surface area contributed by atoms with Crippen molar-refractivity contribution in [3.05, 3.63) is 66.5 Å². The Morgan fingerprint density at radius 2 is 2.00 bits per heavy atom. The fraction of sp³-hybridized carbons (Fsp3) is 0.111. The Balaban J connectivity index is 1.72. The molecule has 0 aliphatic carbocycles. The van der Waals surface area contributed by atoms with E-state index in [0.717, 1.165) is 21.3 Å². The molecule has 0 aromatic heterocycles. The van der Waals surface area contributed by atoms with Crippen molar-refractivity contribution in [1.29, 1.82) is 0 Å². The normalized spacial score (nSPS) is 16.0. The van der Waals surface area contributed by atoms with Gasteiger partial charge < -0.3 is 4.74 Å². The predicted molar refractivity (Wildman–Crippen MR) is 119 cm³/mol. The van der Waals surface area contributed by atoms with Crippen LogP contribution >= 0.6 is 62.5 Å². The van der Waals surface area contributed by atoms with Crippen LogP contribution in [0, 0.1) is 3.57 Å². The Kier molecular flexibility index (Phi) is 6.19. The average molecular weight is 546 g/mol. The predicted octanol–water partition coefficient (Wildman–Crippen LogP) is 5.46. The molecule has 0 unspecified atom stereocenters. The number of carbonyl (C=O) groups is 1. The third-order valence-corrected chi connectivity index (χ3v) is 6.37. The van der Waals surface area contributed by atoms with Crippen molar-refractivity contribution in [2.45, 2.75) is 6.61 Å². The lowest BCUT2D eigenvalue weighted by Gasteiger charge is -2.09. The van der Waals surface area contributed by atoms with Gasteiger partial charge in [-0.15, -0.1) is 0 Å². The molecule has 0 N–H and O–H groups in total. The van der Waals surface area contributed by atoms with Crippen LogP contribution in [-0.4, -0.2) is 22.2 Å². The van der Waals surface area contributed by atoms with Crippen LogP contribution < -0.4 is 4.74 Å². The number of hydrogen-bond acceptors (Lipinski definition) is 4. The molecule has 1 aliphatic heterocycles. The van der Waals surface area contributed by atoms with Crippen LogP contribution in [0.2, 0.25) is 0 Å². The summed E-state index contributed by atoms with van der Waals surface area (Å²) in [5, 5.41) is 0. The van der Waals surface area contributed by atoms with Gasteiger partial charge in [0.15, 0.2) is 0 Å². The maximum absolute atomic E-state index is 12.1. The van der Waals surface area contributed by atoms with Gasteiger partial charge in [-0.05, 0) is 80.0 Å². The van der Waals surface area contributed by atoms with Gasteiger partial charge in [0, 0.05) is 10.6 Å². The van der Waals surface area contributed by atoms with Gasteiger partial charge in [-0.3, -0.25) is 9.69 Å². The minimum atomic E-state index is -0.0647. The van der Waals surface area contributed by atoms with Crippen molar-refractivity contribution in [3.63, 3.8) is 0 Å². The van der Waals surface area contributed by atoms with Gasteiger partial charge >= 0.3 is 0 Å². The number of likely N-dealkylation sites (N-methyl/N-ethyl adjacent to an activating group) is 1. The standard InChI is InChI=1S/C18H13BrINO2S2/c1-21-17(22)16(25-18(21)24)9-12-4-7-15(14(19)8-12)23-10-11-2-5-13(20)6-3-11/h2-9H,10H2,1H3/b16-9+. The molecule has 1 saturated heterocycles. The first-order valence-electron chi connectivity index (χ1n) is 7.32. The number of rotatable bonds is 4. The largest absolute Gasteiger partial charge is 0.488 e. The van der Waals surface area contributed by atoms with Crippen molar-refractivity contribution in [2.24, 2.45) is 0 Å². The van der Waals surface area contributed by atoms with Crippen molar-refractivity contribution in [2.75, 3.05) is 7.05 Å². The monoisotopic (exact) mass is 545 g/mol. The third-order valence-electron chi connectivity index (χ3n) is 3.55. The summed E-state index contributed by atoms with van der Waals surface area (Å²) in [4.78, 5) is 14.2. The molecule has 25 heavy (non-hydrogen) atoms. The van der Waals surface area contributed by atoms with E-state index in [9.17, 15) is 4.79 Å². The fourth-order valence-corrected chi connectivity index (χ4v) is 4.21. The van der Waals surface area contributed by atoms with E-state index < -0.39 is 0 Å². The van der Waals surface area contributed by atoms with E-state index in [4.69, 9.17) is 17.0 Å². The molecule has 0 bridgehead atoms. The van der Waals surface area contributed by atoms with Gasteiger partial charge in [-0.2, -0.15) is 0 Å². The van der Waals surface area contributed by atoms with E-state index >= 15 is 0 Å². The smallest absolute Gasteiger partial charge is 0.265 e. The summed E-state index contributed by atoms with van der Waals surface area (Å²) < 4.78 is 8.49. The molecule has 1 heterocycles. The van der Waals surface area contributed by atoms with Gasteiger partial charge in [-0.1, -0.05) is 42.2 Å². The van der Waals surface area contributed by atoms with Gasteiger partial charge in [0.25, 0.3) is 5.91 Å². The van der Waals surface area contributed by atoms with Crippen molar-refractivity contribution < 1.29 is 9.53 Å². The highest BCUT2D eigenvalue weighted by Crippen LogP contribution is 2.33. The molecular weight excluding hydrogens is 533 g/mol. The van der Waals surface area contributed by atoms with Crippen molar-refractivity contribution in [1.82, 2.24) is 4.90 Å². The molecule has 0 saturated carbocycles. The third kappa shape index (κ3) is 4.64. The minimum absolute atomic E-state index is 0.0647. The lowest BCUT2D eigenvalue weighted by molar-refractivity contribution is -0.121. The number of ether oxygens (including phenoxy) is 1. The summed E-state index contributed by atoms with van der Waals surface area (Å²) in [5.41, 5.74) is 2.03. The Morgan fingerprint density at radius 3 is 2.60 bits per heavy atom. The zero-order chi connectivity index (χ0) is 18.0. The number of benzene rings is 2. The highest BCUT2D eigenvalue weighted by Gasteiger charge is 2.28. The number of hydrogen-bond donors (Lipinski definition) is 0. The Hall–Kier alpha value is -0.900. The van der Waals surface area contributed by atoms with Gasteiger partial charge in [0.1, 0.15) is 16.7 Å². The first kappa shape index (κ1) is 18.9. The van der Waals surface area contributed by atoms with Gasteiger partial charge in [-0.25, -0.2) is 0 Å². The Labute approximate surface area is 178 Å². The van der Waals surface area contributed by atoms with Crippen LogP contribution in [0.5, 0.6) is 5.75 Å². The van der Waals surface area contributed by atoms with E-state index in [1.54, 1.807) is 7.05 Å². The summed E-state index contributed by atoms with van der Waals surface area (Å²) in [7, 11) is 1.69. The van der Waals surface area contributed by atoms with E-state index in [1.807, 2.05) is 24.3 Å². The average Bonchev–Trinajstić information content (AvgIpc) is 2.83. The maximum Gasteiger partial charge on any atom is 0.265 e. The number of thiocarbonyl (C=S) groups is 1. The Morgan fingerprint density at radius 1 is 1.28 bits per heavy atom. The quantitative estimate of drug-likeness (QED) is 0.290.